The lowest BCUT2D eigenvalue weighted by molar-refractivity contribution is 0.353. The molecule has 5 heteroatoms. The van der Waals surface area contributed by atoms with Crippen LogP contribution in [-0.2, 0) is 6.54 Å². The monoisotopic (exact) mass is 308 g/mol. The minimum Gasteiger partial charge on any atom is -0.355 e. The van der Waals surface area contributed by atoms with E-state index in [1.54, 1.807) is 11.8 Å². The van der Waals surface area contributed by atoms with Crippen molar-refractivity contribution in [2.45, 2.75) is 18.4 Å². The summed E-state index contributed by atoms with van der Waals surface area (Å²) in [5.41, 5.74) is 1.30. The highest BCUT2D eigenvalue weighted by molar-refractivity contribution is 7.98. The Kier molecular flexibility index (Phi) is 8.23. The highest BCUT2D eigenvalue weighted by Crippen LogP contribution is 2.15. The zero-order chi connectivity index (χ0) is 15.7. The van der Waals surface area contributed by atoms with Crippen LogP contribution in [0, 0.1) is 0 Å². The normalized spacial score (nSPS) is 11.8. The zero-order valence-corrected chi connectivity index (χ0v) is 14.7. The number of benzene rings is 1. The number of likely N-dealkylation sites (N-methyl/N-ethyl adjacent to an activating group) is 1. The fraction of sp³-hybridized carbons (Fsp3) is 0.562. The fourth-order valence-corrected chi connectivity index (χ4v) is 2.39. The maximum atomic E-state index is 4.35. The lowest BCUT2D eigenvalue weighted by Gasteiger charge is -2.23. The van der Waals surface area contributed by atoms with Crippen LogP contribution in [0.4, 0.5) is 0 Å². The highest BCUT2D eigenvalue weighted by atomic mass is 32.2. The molecule has 0 aliphatic heterocycles. The molecule has 0 aromatic heterocycles. The molecule has 1 aromatic carbocycles. The summed E-state index contributed by atoms with van der Waals surface area (Å²) in [7, 11) is 6.03. The first-order chi connectivity index (χ1) is 10.1. The molecule has 1 aromatic rings. The molecule has 0 aliphatic carbocycles. The number of aliphatic imine (C=N–C) groups is 1. The second-order valence-electron chi connectivity index (χ2n) is 5.07. The number of nitrogens with zero attached hydrogens (tertiary/aromatic N) is 3. The van der Waals surface area contributed by atoms with E-state index in [9.17, 15) is 0 Å². The van der Waals surface area contributed by atoms with Gasteiger partial charge >= 0.3 is 0 Å². The third kappa shape index (κ3) is 6.40. The molecule has 1 rings (SSSR count). The minimum absolute atomic E-state index is 0.859. The second kappa shape index (κ2) is 9.68. The van der Waals surface area contributed by atoms with Crippen LogP contribution < -0.4 is 5.32 Å². The summed E-state index contributed by atoms with van der Waals surface area (Å²) >= 11 is 1.77. The van der Waals surface area contributed by atoms with Gasteiger partial charge in [-0.2, -0.15) is 0 Å². The highest BCUT2D eigenvalue weighted by Gasteiger charge is 2.06. The Balaban J connectivity index is 2.48. The summed E-state index contributed by atoms with van der Waals surface area (Å²) in [4.78, 5) is 10.1. The maximum Gasteiger partial charge on any atom is 0.193 e. The molecular formula is C16H28N4S. The van der Waals surface area contributed by atoms with E-state index in [1.165, 1.54) is 10.5 Å². The first-order valence-corrected chi connectivity index (χ1v) is 8.56. The second-order valence-corrected chi connectivity index (χ2v) is 5.95. The molecule has 21 heavy (non-hydrogen) atoms. The third-order valence-corrected chi connectivity index (χ3v) is 4.21. The van der Waals surface area contributed by atoms with Gasteiger partial charge in [0.15, 0.2) is 5.96 Å². The summed E-state index contributed by atoms with van der Waals surface area (Å²) in [6, 6.07) is 8.70. The third-order valence-electron chi connectivity index (χ3n) is 3.47. The van der Waals surface area contributed by atoms with Crippen LogP contribution in [0.3, 0.4) is 0 Å². The topological polar surface area (TPSA) is 30.9 Å². The molecule has 0 radical (unpaired) electrons. The van der Waals surface area contributed by atoms with Gasteiger partial charge in [0.25, 0.3) is 0 Å². The van der Waals surface area contributed by atoms with Crippen LogP contribution in [0.2, 0.25) is 0 Å². The lowest BCUT2D eigenvalue weighted by atomic mass is 10.2. The Bertz CT molecular complexity index is 430. The van der Waals surface area contributed by atoms with E-state index < -0.39 is 0 Å². The molecule has 0 saturated carbocycles. The van der Waals surface area contributed by atoms with Gasteiger partial charge in [0, 0.05) is 38.6 Å². The summed E-state index contributed by atoms with van der Waals surface area (Å²) in [6.07, 6.45) is 2.10. The van der Waals surface area contributed by atoms with E-state index in [4.69, 9.17) is 0 Å². The average Bonchev–Trinajstić information content (AvgIpc) is 2.51. The van der Waals surface area contributed by atoms with E-state index >= 15 is 0 Å². The van der Waals surface area contributed by atoms with Gasteiger partial charge in [0.2, 0.25) is 0 Å². The van der Waals surface area contributed by atoms with Crippen molar-refractivity contribution in [1.29, 1.82) is 0 Å². The van der Waals surface area contributed by atoms with E-state index in [2.05, 4.69) is 71.6 Å². The number of hydrogen-bond acceptors (Lipinski definition) is 3. The summed E-state index contributed by atoms with van der Waals surface area (Å²) in [5, 5.41) is 3.41. The van der Waals surface area contributed by atoms with Crippen LogP contribution in [-0.4, -0.2) is 62.8 Å². The van der Waals surface area contributed by atoms with Crippen molar-refractivity contribution in [1.82, 2.24) is 15.1 Å². The number of rotatable bonds is 7. The number of nitrogens with one attached hydrogen (secondary N) is 1. The fourth-order valence-electron chi connectivity index (χ4n) is 1.98. The van der Waals surface area contributed by atoms with Gasteiger partial charge in [-0.05, 0) is 37.5 Å². The van der Waals surface area contributed by atoms with Crippen molar-refractivity contribution in [3.05, 3.63) is 29.8 Å². The van der Waals surface area contributed by atoms with E-state index in [0.29, 0.717) is 0 Å². The molecule has 0 heterocycles. The molecule has 0 saturated heterocycles. The number of guanidine groups is 1. The van der Waals surface area contributed by atoms with Gasteiger partial charge in [-0.25, -0.2) is 0 Å². The quantitative estimate of drug-likeness (QED) is 0.476. The van der Waals surface area contributed by atoms with Crippen LogP contribution in [0.5, 0.6) is 0 Å². The van der Waals surface area contributed by atoms with Crippen molar-refractivity contribution in [2.75, 3.05) is 47.0 Å². The van der Waals surface area contributed by atoms with Crippen molar-refractivity contribution < 1.29 is 0 Å². The molecule has 4 nitrogen and oxygen atoms in total. The van der Waals surface area contributed by atoms with Crippen molar-refractivity contribution in [2.24, 2.45) is 4.99 Å². The molecule has 0 amide bonds. The first-order valence-electron chi connectivity index (χ1n) is 7.34. The molecular weight excluding hydrogens is 280 g/mol. The van der Waals surface area contributed by atoms with E-state index in [-0.39, 0.29) is 0 Å². The number of thioether (sulfide) groups is 1. The Labute approximate surface area is 133 Å². The Morgan fingerprint density at radius 3 is 2.43 bits per heavy atom. The predicted molar refractivity (Wildman–Crippen MR) is 94.2 cm³/mol. The maximum absolute atomic E-state index is 4.35. The van der Waals surface area contributed by atoms with Crippen molar-refractivity contribution >= 4 is 17.7 Å². The summed E-state index contributed by atoms with van der Waals surface area (Å²) < 4.78 is 0. The summed E-state index contributed by atoms with van der Waals surface area (Å²) in [6.45, 7) is 6.02. The molecule has 0 bridgehead atoms. The molecule has 0 spiro atoms. The Morgan fingerprint density at radius 1 is 1.24 bits per heavy atom. The molecule has 118 valence electrons. The summed E-state index contributed by atoms with van der Waals surface area (Å²) in [5.74, 6) is 0.938. The van der Waals surface area contributed by atoms with E-state index in [1.807, 2.05) is 7.05 Å². The van der Waals surface area contributed by atoms with Gasteiger partial charge in [-0.15, -0.1) is 11.8 Å². The van der Waals surface area contributed by atoms with Crippen LogP contribution >= 0.6 is 11.8 Å². The van der Waals surface area contributed by atoms with Crippen LogP contribution in [0.15, 0.2) is 34.2 Å². The molecule has 0 fully saturated rings. The Hall–Kier alpha value is -1.20. The number of hydrogen-bond donors (Lipinski definition) is 1. The predicted octanol–water partition coefficient (Wildman–Crippen LogP) is 2.37. The van der Waals surface area contributed by atoms with Crippen molar-refractivity contribution in [3.8, 4) is 0 Å². The smallest absolute Gasteiger partial charge is 0.193 e. The van der Waals surface area contributed by atoms with Crippen LogP contribution in [0.1, 0.15) is 12.5 Å². The van der Waals surface area contributed by atoms with Gasteiger partial charge in [-0.3, -0.25) is 4.99 Å². The average molecular weight is 308 g/mol. The van der Waals surface area contributed by atoms with Crippen LogP contribution in [0.25, 0.3) is 0 Å². The molecule has 0 atom stereocenters. The van der Waals surface area contributed by atoms with Gasteiger partial charge in [-0.1, -0.05) is 19.1 Å². The van der Waals surface area contributed by atoms with Crippen molar-refractivity contribution in [3.63, 3.8) is 0 Å². The minimum atomic E-state index is 0.859. The lowest BCUT2D eigenvalue weighted by Crippen LogP contribution is -2.41. The first kappa shape index (κ1) is 17.9. The largest absolute Gasteiger partial charge is 0.355 e. The Morgan fingerprint density at radius 2 is 1.90 bits per heavy atom. The molecule has 1 N–H and O–H groups in total. The zero-order valence-electron chi connectivity index (χ0n) is 13.9. The van der Waals surface area contributed by atoms with Gasteiger partial charge in [0.05, 0.1) is 0 Å². The molecule has 0 aliphatic rings. The SMILES string of the molecule is CCN(C)CCNC(=NC)N(C)Cc1ccc(SC)cc1. The standard InChI is InChI=1S/C16H28N4S/c1-6-19(3)12-11-18-16(17-2)20(4)13-14-7-9-15(21-5)10-8-14/h7-10H,6,11-13H2,1-5H3,(H,17,18). The van der Waals surface area contributed by atoms with Gasteiger partial charge in [0.1, 0.15) is 0 Å². The molecule has 0 unspecified atom stereocenters. The van der Waals surface area contributed by atoms with E-state index in [0.717, 1.165) is 32.1 Å². The van der Waals surface area contributed by atoms with Gasteiger partial charge < -0.3 is 15.1 Å².